The number of aryl methyl sites for hydroxylation is 1. The number of benzene rings is 1. The van der Waals surface area contributed by atoms with Crippen LogP contribution in [0.2, 0.25) is 0 Å². The molecule has 6 nitrogen and oxygen atoms in total. The molecule has 1 aliphatic heterocycles. The summed E-state index contributed by atoms with van der Waals surface area (Å²) < 4.78 is 21.6. The number of esters is 2. The number of ether oxygens (including phenoxy) is 2. The number of carbonyl (C=O) groups is 2. The summed E-state index contributed by atoms with van der Waals surface area (Å²) >= 11 is 0. The Bertz CT molecular complexity index is 716. The molecule has 0 saturated carbocycles. The molecule has 2 aliphatic rings. The molecular weight excluding hydrogens is 335 g/mol. The molecule has 1 fully saturated rings. The molecule has 0 unspecified atom stereocenters. The Morgan fingerprint density at radius 1 is 1.04 bits per heavy atom. The zero-order valence-electron chi connectivity index (χ0n) is 16.0. The third kappa shape index (κ3) is 3.14. The molecule has 0 radical (unpaired) electrons. The van der Waals surface area contributed by atoms with Gasteiger partial charge in [-0.05, 0) is 35.5 Å². The lowest BCUT2D eigenvalue weighted by molar-refractivity contribution is -0.168. The molecule has 1 aromatic carbocycles. The molecule has 3 rings (SSSR count). The molecule has 1 heterocycles. The van der Waals surface area contributed by atoms with Crippen LogP contribution in [0.4, 0.5) is 0 Å². The van der Waals surface area contributed by atoms with Crippen molar-refractivity contribution in [1.29, 1.82) is 0 Å². The topological polar surface area (TPSA) is 71.1 Å². The van der Waals surface area contributed by atoms with Crippen molar-refractivity contribution in [1.82, 2.24) is 0 Å². The summed E-state index contributed by atoms with van der Waals surface area (Å²) in [6.07, 6.45) is 0.543. The van der Waals surface area contributed by atoms with E-state index in [0.29, 0.717) is 13.2 Å². The number of methoxy groups -OCH3 is 2. The first kappa shape index (κ1) is 18.9. The highest BCUT2D eigenvalue weighted by Gasteiger charge is 2.53. The lowest BCUT2D eigenvalue weighted by atomic mass is 9.74. The van der Waals surface area contributed by atoms with Gasteiger partial charge in [-0.25, -0.2) is 0 Å². The molecule has 1 saturated heterocycles. The maximum Gasteiger partial charge on any atom is 0.493 e. The van der Waals surface area contributed by atoms with Crippen LogP contribution in [0.1, 0.15) is 30.5 Å². The first-order valence-electron chi connectivity index (χ1n) is 8.75. The molecule has 1 aliphatic carbocycles. The first-order valence-corrected chi connectivity index (χ1v) is 8.75. The van der Waals surface area contributed by atoms with Crippen molar-refractivity contribution < 1.29 is 28.4 Å². The van der Waals surface area contributed by atoms with Gasteiger partial charge in [0, 0.05) is 25.0 Å². The molecule has 26 heavy (non-hydrogen) atoms. The van der Waals surface area contributed by atoms with Gasteiger partial charge in [-0.1, -0.05) is 26.0 Å². The van der Waals surface area contributed by atoms with Gasteiger partial charge >= 0.3 is 19.1 Å². The second-order valence-electron chi connectivity index (χ2n) is 8.01. The largest absolute Gasteiger partial charge is 0.493 e. The Balaban J connectivity index is 1.92. The highest BCUT2D eigenvalue weighted by atomic mass is 16.6. The predicted molar refractivity (Wildman–Crippen MR) is 96.1 cm³/mol. The number of carbonyl (C=O) groups excluding carboxylic acids is 2. The second-order valence-corrected chi connectivity index (χ2v) is 8.01. The van der Waals surface area contributed by atoms with E-state index in [0.717, 1.165) is 22.2 Å². The van der Waals surface area contributed by atoms with Gasteiger partial charge in [0.15, 0.2) is 5.41 Å². The third-order valence-corrected chi connectivity index (χ3v) is 5.23. The van der Waals surface area contributed by atoms with Crippen LogP contribution in [0.15, 0.2) is 12.1 Å². The third-order valence-electron chi connectivity index (χ3n) is 5.23. The van der Waals surface area contributed by atoms with E-state index in [1.54, 1.807) is 0 Å². The average Bonchev–Trinajstić information content (AvgIpc) is 3.01. The number of hydrogen-bond acceptors (Lipinski definition) is 6. The monoisotopic (exact) mass is 360 g/mol. The average molecular weight is 360 g/mol. The SMILES string of the molecule is COC(=O)C1(C(=O)OC)Cc2cc(B3OCC(C)(C)CO3)cc(C)c2C1. The summed E-state index contributed by atoms with van der Waals surface area (Å²) in [6.45, 7) is 7.39. The van der Waals surface area contributed by atoms with Crippen LogP contribution in [0.5, 0.6) is 0 Å². The minimum Gasteiger partial charge on any atom is -0.468 e. The molecular formula is C19H25BO6. The molecule has 0 amide bonds. The number of rotatable bonds is 3. The summed E-state index contributed by atoms with van der Waals surface area (Å²) in [4.78, 5) is 24.8. The van der Waals surface area contributed by atoms with Gasteiger partial charge in [0.2, 0.25) is 0 Å². The predicted octanol–water partition coefficient (Wildman–Crippen LogP) is 1.19. The lowest BCUT2D eigenvalue weighted by Crippen LogP contribution is -2.47. The van der Waals surface area contributed by atoms with Crippen molar-refractivity contribution >= 4 is 24.5 Å². The van der Waals surface area contributed by atoms with Crippen LogP contribution < -0.4 is 5.46 Å². The van der Waals surface area contributed by atoms with Gasteiger partial charge in [-0.3, -0.25) is 9.59 Å². The molecule has 0 bridgehead atoms. The van der Waals surface area contributed by atoms with Gasteiger partial charge in [0.05, 0.1) is 14.2 Å². The number of fused-ring (bicyclic) bond motifs is 1. The van der Waals surface area contributed by atoms with Gasteiger partial charge < -0.3 is 18.8 Å². The van der Waals surface area contributed by atoms with Crippen LogP contribution in [-0.2, 0) is 41.2 Å². The first-order chi connectivity index (χ1) is 12.2. The van der Waals surface area contributed by atoms with Crippen LogP contribution >= 0.6 is 0 Å². The van der Waals surface area contributed by atoms with Crippen molar-refractivity contribution in [2.75, 3.05) is 27.4 Å². The summed E-state index contributed by atoms with van der Waals surface area (Å²) in [7, 11) is 2.15. The number of hydrogen-bond donors (Lipinski definition) is 0. The fourth-order valence-electron chi connectivity index (χ4n) is 3.80. The highest BCUT2D eigenvalue weighted by Crippen LogP contribution is 2.40. The van der Waals surface area contributed by atoms with Crippen LogP contribution in [0.25, 0.3) is 0 Å². The van der Waals surface area contributed by atoms with E-state index in [1.807, 2.05) is 19.1 Å². The molecule has 140 valence electrons. The quantitative estimate of drug-likeness (QED) is 0.458. The summed E-state index contributed by atoms with van der Waals surface area (Å²) in [6, 6.07) is 3.98. The van der Waals surface area contributed by atoms with Crippen molar-refractivity contribution in [2.24, 2.45) is 10.8 Å². The van der Waals surface area contributed by atoms with Gasteiger partial charge in [-0.2, -0.15) is 0 Å². The van der Waals surface area contributed by atoms with E-state index in [4.69, 9.17) is 18.8 Å². The summed E-state index contributed by atoms with van der Waals surface area (Å²) in [5, 5.41) is 0. The zero-order valence-corrected chi connectivity index (χ0v) is 16.0. The van der Waals surface area contributed by atoms with Crippen LogP contribution in [-0.4, -0.2) is 46.5 Å². The van der Waals surface area contributed by atoms with E-state index in [9.17, 15) is 9.59 Å². The van der Waals surface area contributed by atoms with E-state index < -0.39 is 24.5 Å². The smallest absolute Gasteiger partial charge is 0.468 e. The Kier molecular flexibility index (Phi) is 4.88. The highest BCUT2D eigenvalue weighted by molar-refractivity contribution is 6.61. The molecule has 0 spiro atoms. The van der Waals surface area contributed by atoms with Crippen molar-refractivity contribution in [2.45, 2.75) is 33.6 Å². The van der Waals surface area contributed by atoms with E-state index in [2.05, 4.69) is 13.8 Å². The molecule has 0 N–H and O–H groups in total. The minimum atomic E-state index is -1.31. The van der Waals surface area contributed by atoms with Gasteiger partial charge in [0.25, 0.3) is 0 Å². The standard InChI is InChI=1S/C19H25BO6/c1-12-6-14(20-25-10-18(2,3)11-26-20)7-13-8-19(9-15(12)13,16(21)23-4)17(22)24-5/h6-7H,8-11H2,1-5H3. The Labute approximate surface area is 154 Å². The van der Waals surface area contributed by atoms with Crippen LogP contribution in [0, 0.1) is 17.8 Å². The van der Waals surface area contributed by atoms with Crippen molar-refractivity contribution in [3.05, 3.63) is 28.8 Å². The van der Waals surface area contributed by atoms with Crippen molar-refractivity contribution in [3.8, 4) is 0 Å². The summed E-state index contributed by atoms with van der Waals surface area (Å²) in [5.74, 6) is -1.12. The Morgan fingerprint density at radius 3 is 2.15 bits per heavy atom. The minimum absolute atomic E-state index is 0.00675. The molecule has 1 aromatic rings. The van der Waals surface area contributed by atoms with Crippen molar-refractivity contribution in [3.63, 3.8) is 0 Å². The normalized spacial score (nSPS) is 20.4. The Hall–Kier alpha value is -1.86. The maximum absolute atomic E-state index is 12.4. The molecule has 7 heteroatoms. The summed E-state index contributed by atoms with van der Waals surface area (Å²) in [5.41, 5.74) is 2.51. The van der Waals surface area contributed by atoms with Crippen LogP contribution in [0.3, 0.4) is 0 Å². The molecule has 0 atom stereocenters. The van der Waals surface area contributed by atoms with Gasteiger partial charge in [0.1, 0.15) is 0 Å². The maximum atomic E-state index is 12.4. The van der Waals surface area contributed by atoms with E-state index in [-0.39, 0.29) is 18.3 Å². The fourth-order valence-corrected chi connectivity index (χ4v) is 3.80. The van der Waals surface area contributed by atoms with E-state index in [1.165, 1.54) is 14.2 Å². The van der Waals surface area contributed by atoms with E-state index >= 15 is 0 Å². The second kappa shape index (κ2) is 6.70. The van der Waals surface area contributed by atoms with Gasteiger partial charge in [-0.15, -0.1) is 0 Å². The molecule has 0 aromatic heterocycles. The fraction of sp³-hybridized carbons (Fsp3) is 0.579. The Morgan fingerprint density at radius 2 is 1.62 bits per heavy atom. The lowest BCUT2D eigenvalue weighted by Gasteiger charge is -2.33. The zero-order chi connectivity index (χ0) is 19.1.